The molecule has 9 nitrogen and oxygen atoms in total. The van der Waals surface area contributed by atoms with Crippen LogP contribution in [0.25, 0.3) is 0 Å². The molecule has 0 aromatic carbocycles. The average molecular weight is 914 g/mol. The van der Waals surface area contributed by atoms with Gasteiger partial charge in [0.15, 0.2) is 6.10 Å². The van der Waals surface area contributed by atoms with Gasteiger partial charge in [0.1, 0.15) is 19.8 Å². The van der Waals surface area contributed by atoms with Crippen molar-refractivity contribution in [2.24, 2.45) is 0 Å². The number of likely N-dealkylation sites (N-methyl/N-ethyl adjacent to an activating group) is 1. The zero-order valence-electron chi connectivity index (χ0n) is 41.2. The SMILES string of the molecule is CC/C=C\C/C=C\C/C=C\C/C=C\C/C=C\C/C=C\CCCCC(=O)OC(COC(=O)CCCCCCCCCCC/C=C\C/C=C\CCCCC)COP(=O)([O-])OCC[N+](C)(C)C. The van der Waals surface area contributed by atoms with Crippen LogP contribution in [0.15, 0.2) is 97.2 Å². The number of esters is 2. The molecule has 366 valence electrons. The standard InChI is InChI=1S/C54H92NO8P/c1-6-8-10-12-14-16-18-20-22-24-26-27-29-31-33-35-37-39-41-43-45-47-54(57)63-52(51-62-64(58,59)61-49-48-55(3,4)5)50-60-53(56)46-44-42-40-38-36-34-32-30-28-25-23-21-19-17-15-13-11-9-7-2/h8,10,14-17,20-23,26-27,31,33,37,39,52H,6-7,9,11-13,18-19,24-25,28-30,32,34-36,38,40-51H2,1-5H3/b10-8-,16-14-,17-15-,22-20-,23-21-,27-26-,33-31-,39-37-. The molecular weight excluding hydrogens is 822 g/mol. The van der Waals surface area contributed by atoms with Crippen LogP contribution >= 0.6 is 7.82 Å². The lowest BCUT2D eigenvalue weighted by molar-refractivity contribution is -0.870. The van der Waals surface area contributed by atoms with E-state index in [9.17, 15) is 19.0 Å². The Hall–Kier alpha value is -3.07. The van der Waals surface area contributed by atoms with Crippen molar-refractivity contribution in [3.63, 3.8) is 0 Å². The number of carbonyl (C=O) groups is 2. The molecule has 0 spiro atoms. The molecule has 0 bridgehead atoms. The van der Waals surface area contributed by atoms with Crippen molar-refractivity contribution in [1.82, 2.24) is 0 Å². The topological polar surface area (TPSA) is 111 Å². The fourth-order valence-corrected chi connectivity index (χ4v) is 6.94. The van der Waals surface area contributed by atoms with Crippen molar-refractivity contribution in [2.45, 2.75) is 187 Å². The minimum absolute atomic E-state index is 0.0456. The second-order valence-corrected chi connectivity index (χ2v) is 18.9. The number of carbonyl (C=O) groups excluding carboxylic acids is 2. The first-order chi connectivity index (χ1) is 31.0. The van der Waals surface area contributed by atoms with Crippen LogP contribution in [0.3, 0.4) is 0 Å². The summed E-state index contributed by atoms with van der Waals surface area (Å²) in [6.07, 6.45) is 60.1. The quantitative estimate of drug-likeness (QED) is 0.0195. The van der Waals surface area contributed by atoms with Crippen LogP contribution in [0.5, 0.6) is 0 Å². The van der Waals surface area contributed by atoms with Crippen LogP contribution in [0.4, 0.5) is 0 Å². The lowest BCUT2D eigenvalue weighted by Crippen LogP contribution is -2.37. The van der Waals surface area contributed by atoms with Gasteiger partial charge in [-0.3, -0.25) is 14.2 Å². The van der Waals surface area contributed by atoms with Crippen molar-refractivity contribution in [3.05, 3.63) is 97.2 Å². The average Bonchev–Trinajstić information content (AvgIpc) is 3.25. The fraction of sp³-hybridized carbons (Fsp3) is 0.667. The molecule has 0 N–H and O–H groups in total. The Kier molecular flexibility index (Phi) is 42.9. The van der Waals surface area contributed by atoms with Gasteiger partial charge in [0.2, 0.25) is 0 Å². The number of rotatable bonds is 44. The van der Waals surface area contributed by atoms with E-state index < -0.39 is 32.5 Å². The Morgan fingerprint density at radius 2 is 0.891 bits per heavy atom. The molecule has 64 heavy (non-hydrogen) atoms. The van der Waals surface area contributed by atoms with Crippen LogP contribution in [-0.2, 0) is 32.7 Å². The van der Waals surface area contributed by atoms with E-state index in [1.807, 2.05) is 21.1 Å². The molecule has 0 aliphatic rings. The summed E-state index contributed by atoms with van der Waals surface area (Å²) in [7, 11) is 1.12. The number of allylic oxidation sites excluding steroid dienone is 16. The second-order valence-electron chi connectivity index (χ2n) is 17.4. The van der Waals surface area contributed by atoms with E-state index in [-0.39, 0.29) is 26.1 Å². The molecule has 0 aliphatic carbocycles. The molecule has 0 aromatic rings. The van der Waals surface area contributed by atoms with Crippen molar-refractivity contribution in [3.8, 4) is 0 Å². The first kappa shape index (κ1) is 60.9. The van der Waals surface area contributed by atoms with Gasteiger partial charge in [0, 0.05) is 12.8 Å². The maximum Gasteiger partial charge on any atom is 0.306 e. The Balaban J connectivity index is 4.39. The van der Waals surface area contributed by atoms with Crippen LogP contribution in [0.1, 0.15) is 181 Å². The van der Waals surface area contributed by atoms with E-state index in [0.717, 1.165) is 83.5 Å². The molecule has 0 fully saturated rings. The van der Waals surface area contributed by atoms with E-state index >= 15 is 0 Å². The summed E-state index contributed by atoms with van der Waals surface area (Å²) in [6, 6.07) is 0. The van der Waals surface area contributed by atoms with Crippen molar-refractivity contribution in [2.75, 3.05) is 47.5 Å². The van der Waals surface area contributed by atoms with Gasteiger partial charge in [-0.2, -0.15) is 0 Å². The number of quaternary nitrogens is 1. The zero-order chi connectivity index (χ0) is 47.1. The van der Waals surface area contributed by atoms with E-state index in [1.54, 1.807) is 0 Å². The zero-order valence-corrected chi connectivity index (χ0v) is 42.1. The summed E-state index contributed by atoms with van der Waals surface area (Å²) in [5, 5.41) is 0. The third kappa shape index (κ3) is 48.4. The molecule has 0 radical (unpaired) electrons. The molecule has 2 atom stereocenters. The van der Waals surface area contributed by atoms with E-state index in [4.69, 9.17) is 18.5 Å². The van der Waals surface area contributed by atoms with Crippen molar-refractivity contribution >= 4 is 19.8 Å². The van der Waals surface area contributed by atoms with Crippen molar-refractivity contribution in [1.29, 1.82) is 0 Å². The predicted octanol–water partition coefficient (Wildman–Crippen LogP) is 14.3. The van der Waals surface area contributed by atoms with Gasteiger partial charge < -0.3 is 27.9 Å². The van der Waals surface area contributed by atoms with Gasteiger partial charge >= 0.3 is 11.9 Å². The van der Waals surface area contributed by atoms with E-state index in [0.29, 0.717) is 23.9 Å². The van der Waals surface area contributed by atoms with Gasteiger partial charge in [-0.25, -0.2) is 0 Å². The van der Waals surface area contributed by atoms with Crippen LogP contribution in [-0.4, -0.2) is 70.0 Å². The number of nitrogens with zero attached hydrogens (tertiary/aromatic N) is 1. The van der Waals surface area contributed by atoms with Crippen LogP contribution < -0.4 is 4.89 Å². The number of unbranched alkanes of at least 4 members (excludes halogenated alkanes) is 14. The highest BCUT2D eigenvalue weighted by Crippen LogP contribution is 2.38. The molecule has 0 heterocycles. The third-order valence-electron chi connectivity index (χ3n) is 10.1. The third-order valence-corrected chi connectivity index (χ3v) is 11.1. The van der Waals surface area contributed by atoms with E-state index in [2.05, 4.69) is 111 Å². The normalized spacial score (nSPS) is 14.3. The number of hydrogen-bond donors (Lipinski definition) is 0. The van der Waals surface area contributed by atoms with Crippen molar-refractivity contribution < 1.29 is 42.1 Å². The molecular formula is C54H92NO8P. The van der Waals surface area contributed by atoms with Crippen LogP contribution in [0, 0.1) is 0 Å². The highest BCUT2D eigenvalue weighted by molar-refractivity contribution is 7.45. The molecule has 0 amide bonds. The van der Waals surface area contributed by atoms with Gasteiger partial charge in [0.05, 0.1) is 27.7 Å². The molecule has 10 heteroatoms. The van der Waals surface area contributed by atoms with Gasteiger partial charge in [-0.15, -0.1) is 0 Å². The molecule has 0 aromatic heterocycles. The Morgan fingerprint density at radius 1 is 0.500 bits per heavy atom. The molecule has 0 saturated carbocycles. The summed E-state index contributed by atoms with van der Waals surface area (Å²) in [5.41, 5.74) is 0. The minimum Gasteiger partial charge on any atom is -0.756 e. The summed E-state index contributed by atoms with van der Waals surface area (Å²) in [4.78, 5) is 37.7. The minimum atomic E-state index is -4.65. The lowest BCUT2D eigenvalue weighted by atomic mass is 10.1. The van der Waals surface area contributed by atoms with E-state index in [1.165, 1.54) is 57.8 Å². The first-order valence-electron chi connectivity index (χ1n) is 24.9. The highest BCUT2D eigenvalue weighted by Gasteiger charge is 2.21. The maximum absolute atomic E-state index is 12.7. The van der Waals surface area contributed by atoms with Gasteiger partial charge in [0.25, 0.3) is 7.82 Å². The van der Waals surface area contributed by atoms with Crippen LogP contribution in [0.2, 0.25) is 0 Å². The Bertz CT molecular complexity index is 1400. The molecule has 2 unspecified atom stereocenters. The number of ether oxygens (including phenoxy) is 2. The summed E-state index contributed by atoms with van der Waals surface area (Å²) >= 11 is 0. The molecule has 0 aliphatic heterocycles. The Labute approximate surface area is 392 Å². The summed E-state index contributed by atoms with van der Waals surface area (Å²) < 4.78 is 34.0. The smallest absolute Gasteiger partial charge is 0.306 e. The lowest BCUT2D eigenvalue weighted by Gasteiger charge is -2.28. The largest absolute Gasteiger partial charge is 0.756 e. The number of phosphoric ester groups is 1. The van der Waals surface area contributed by atoms with Gasteiger partial charge in [-0.1, -0.05) is 169 Å². The molecule has 0 saturated heterocycles. The number of phosphoric acid groups is 1. The Morgan fingerprint density at radius 3 is 1.36 bits per heavy atom. The molecule has 0 rings (SSSR count). The highest BCUT2D eigenvalue weighted by atomic mass is 31.2. The summed E-state index contributed by atoms with van der Waals surface area (Å²) in [6.45, 7) is 4.02. The first-order valence-corrected chi connectivity index (χ1v) is 26.4. The second kappa shape index (κ2) is 45.1. The monoisotopic (exact) mass is 914 g/mol. The predicted molar refractivity (Wildman–Crippen MR) is 268 cm³/mol. The maximum atomic E-state index is 12.7. The number of hydrogen-bond acceptors (Lipinski definition) is 8. The summed E-state index contributed by atoms with van der Waals surface area (Å²) in [5.74, 6) is -0.897. The van der Waals surface area contributed by atoms with Gasteiger partial charge in [-0.05, 0) is 96.3 Å². The fourth-order valence-electron chi connectivity index (χ4n) is 6.22.